The number of nitrogens with one attached hydrogen (secondary N) is 1. The Morgan fingerprint density at radius 1 is 1.00 bits per heavy atom. The van der Waals surface area contributed by atoms with Gasteiger partial charge in [-0.1, -0.05) is 36.4 Å². The monoisotopic (exact) mass is 245 g/mol. The SMILES string of the molecule is ONCc1ccc(O)c(OCc2ccccc2)c1. The maximum absolute atomic E-state index is 9.67. The summed E-state index contributed by atoms with van der Waals surface area (Å²) in [6.45, 7) is 0.701. The van der Waals surface area contributed by atoms with Gasteiger partial charge >= 0.3 is 0 Å². The molecule has 0 aliphatic rings. The van der Waals surface area contributed by atoms with Gasteiger partial charge in [-0.05, 0) is 23.3 Å². The molecule has 0 heterocycles. The molecule has 18 heavy (non-hydrogen) atoms. The highest BCUT2D eigenvalue weighted by Gasteiger charge is 2.04. The molecule has 2 aromatic carbocycles. The minimum Gasteiger partial charge on any atom is -0.504 e. The lowest BCUT2D eigenvalue weighted by Gasteiger charge is -2.09. The number of rotatable bonds is 5. The molecule has 4 nitrogen and oxygen atoms in total. The van der Waals surface area contributed by atoms with E-state index in [-0.39, 0.29) is 5.75 Å². The van der Waals surface area contributed by atoms with Gasteiger partial charge in [-0.25, -0.2) is 5.48 Å². The molecular formula is C14H15NO3. The summed E-state index contributed by atoms with van der Waals surface area (Å²) in [4.78, 5) is 0. The first kappa shape index (κ1) is 12.4. The van der Waals surface area contributed by atoms with E-state index >= 15 is 0 Å². The fourth-order valence-corrected chi connectivity index (χ4v) is 1.61. The van der Waals surface area contributed by atoms with Crippen LogP contribution in [0.25, 0.3) is 0 Å². The molecule has 0 amide bonds. The minimum absolute atomic E-state index is 0.0904. The highest BCUT2D eigenvalue weighted by atomic mass is 16.5. The third-order valence-corrected chi connectivity index (χ3v) is 2.54. The van der Waals surface area contributed by atoms with E-state index in [9.17, 15) is 5.11 Å². The number of hydroxylamine groups is 1. The quantitative estimate of drug-likeness (QED) is 0.708. The Bertz CT molecular complexity index is 500. The molecule has 94 valence electrons. The number of hydrogen-bond donors (Lipinski definition) is 3. The molecular weight excluding hydrogens is 230 g/mol. The summed E-state index contributed by atoms with van der Waals surface area (Å²) < 4.78 is 5.55. The lowest BCUT2D eigenvalue weighted by molar-refractivity contribution is 0.161. The van der Waals surface area contributed by atoms with Gasteiger partial charge in [0.15, 0.2) is 11.5 Å². The molecule has 4 heteroatoms. The molecule has 0 aliphatic carbocycles. The van der Waals surface area contributed by atoms with Crippen LogP contribution in [0.3, 0.4) is 0 Å². The van der Waals surface area contributed by atoms with Crippen molar-refractivity contribution in [2.75, 3.05) is 0 Å². The van der Waals surface area contributed by atoms with E-state index < -0.39 is 0 Å². The van der Waals surface area contributed by atoms with Crippen LogP contribution in [0.5, 0.6) is 11.5 Å². The number of benzene rings is 2. The molecule has 0 aliphatic heterocycles. The maximum atomic E-state index is 9.67. The van der Waals surface area contributed by atoms with Gasteiger partial charge in [-0.2, -0.15) is 0 Å². The van der Waals surface area contributed by atoms with Gasteiger partial charge in [-0.3, -0.25) is 0 Å². The normalized spacial score (nSPS) is 10.3. The summed E-state index contributed by atoms with van der Waals surface area (Å²) in [6, 6.07) is 14.7. The molecule has 3 N–H and O–H groups in total. The summed E-state index contributed by atoms with van der Waals surface area (Å²) in [6.07, 6.45) is 0. The van der Waals surface area contributed by atoms with E-state index in [2.05, 4.69) is 5.48 Å². The van der Waals surface area contributed by atoms with E-state index in [1.165, 1.54) is 0 Å². The Morgan fingerprint density at radius 3 is 2.50 bits per heavy atom. The van der Waals surface area contributed by atoms with Gasteiger partial charge in [0.25, 0.3) is 0 Å². The topological polar surface area (TPSA) is 61.7 Å². The van der Waals surface area contributed by atoms with Crippen LogP contribution in [0, 0.1) is 0 Å². The summed E-state index contributed by atoms with van der Waals surface area (Å²) in [5, 5.41) is 18.3. The Morgan fingerprint density at radius 2 is 1.78 bits per heavy atom. The molecule has 0 saturated carbocycles. The minimum atomic E-state index is 0.0904. The van der Waals surface area contributed by atoms with Gasteiger partial charge in [-0.15, -0.1) is 0 Å². The van der Waals surface area contributed by atoms with Gasteiger partial charge in [0.2, 0.25) is 0 Å². The van der Waals surface area contributed by atoms with Crippen molar-refractivity contribution in [2.45, 2.75) is 13.2 Å². The second-order valence-corrected chi connectivity index (χ2v) is 3.91. The van der Waals surface area contributed by atoms with Crippen LogP contribution in [0.2, 0.25) is 0 Å². The number of ether oxygens (including phenoxy) is 1. The number of hydrogen-bond acceptors (Lipinski definition) is 4. The second-order valence-electron chi connectivity index (χ2n) is 3.91. The van der Waals surface area contributed by atoms with Crippen molar-refractivity contribution >= 4 is 0 Å². The fraction of sp³-hybridized carbons (Fsp3) is 0.143. The van der Waals surface area contributed by atoms with Gasteiger partial charge in [0, 0.05) is 6.54 Å². The molecule has 0 atom stereocenters. The number of phenols is 1. The third-order valence-electron chi connectivity index (χ3n) is 2.54. The summed E-state index contributed by atoms with van der Waals surface area (Å²) in [5.41, 5.74) is 3.93. The number of phenolic OH excluding ortho intramolecular Hbond substituents is 1. The van der Waals surface area contributed by atoms with Crippen molar-refractivity contribution in [2.24, 2.45) is 0 Å². The highest BCUT2D eigenvalue weighted by Crippen LogP contribution is 2.27. The number of aromatic hydroxyl groups is 1. The Balaban J connectivity index is 2.06. The van der Waals surface area contributed by atoms with Crippen molar-refractivity contribution in [3.63, 3.8) is 0 Å². The summed E-state index contributed by atoms with van der Waals surface area (Å²) >= 11 is 0. The Labute approximate surface area is 105 Å². The standard InChI is InChI=1S/C14H15NO3/c16-13-7-6-12(9-15-17)8-14(13)18-10-11-4-2-1-3-5-11/h1-8,15-17H,9-10H2. The molecule has 0 radical (unpaired) electrons. The first-order valence-electron chi connectivity index (χ1n) is 5.65. The zero-order valence-electron chi connectivity index (χ0n) is 9.84. The molecule has 0 fully saturated rings. The first-order valence-corrected chi connectivity index (χ1v) is 5.65. The smallest absolute Gasteiger partial charge is 0.161 e. The lowest BCUT2D eigenvalue weighted by atomic mass is 10.2. The van der Waals surface area contributed by atoms with Gasteiger partial charge < -0.3 is 15.1 Å². The zero-order chi connectivity index (χ0) is 12.8. The Hall–Kier alpha value is -2.04. The van der Waals surface area contributed by atoms with Gasteiger partial charge in [0.1, 0.15) is 6.61 Å². The molecule has 0 unspecified atom stereocenters. The van der Waals surface area contributed by atoms with Crippen LogP contribution >= 0.6 is 0 Å². The second kappa shape index (κ2) is 6.05. The van der Waals surface area contributed by atoms with Crippen molar-refractivity contribution in [1.82, 2.24) is 5.48 Å². The van der Waals surface area contributed by atoms with Crippen LogP contribution in [0.1, 0.15) is 11.1 Å². The molecule has 2 aromatic rings. The van der Waals surface area contributed by atoms with E-state index in [0.717, 1.165) is 11.1 Å². The Kier molecular flexibility index (Phi) is 4.17. The zero-order valence-corrected chi connectivity index (χ0v) is 9.84. The molecule has 2 rings (SSSR count). The van der Waals surface area contributed by atoms with Crippen molar-refractivity contribution in [3.05, 3.63) is 59.7 Å². The van der Waals surface area contributed by atoms with E-state index in [4.69, 9.17) is 9.94 Å². The molecule has 0 bridgehead atoms. The fourth-order valence-electron chi connectivity index (χ4n) is 1.61. The largest absolute Gasteiger partial charge is 0.504 e. The van der Waals surface area contributed by atoms with Crippen LogP contribution < -0.4 is 10.2 Å². The average molecular weight is 245 g/mol. The summed E-state index contributed by atoms with van der Waals surface area (Å²) in [7, 11) is 0. The molecule has 0 saturated heterocycles. The van der Waals surface area contributed by atoms with Crippen molar-refractivity contribution < 1.29 is 15.1 Å². The first-order chi connectivity index (χ1) is 8.79. The lowest BCUT2D eigenvalue weighted by Crippen LogP contribution is -2.06. The summed E-state index contributed by atoms with van der Waals surface area (Å²) in [5.74, 6) is 0.499. The van der Waals surface area contributed by atoms with E-state index in [0.29, 0.717) is 18.9 Å². The van der Waals surface area contributed by atoms with E-state index in [1.807, 2.05) is 30.3 Å². The van der Waals surface area contributed by atoms with Gasteiger partial charge in [0.05, 0.1) is 0 Å². The predicted molar refractivity (Wildman–Crippen MR) is 67.5 cm³/mol. The highest BCUT2D eigenvalue weighted by molar-refractivity contribution is 5.41. The van der Waals surface area contributed by atoms with Crippen molar-refractivity contribution in [3.8, 4) is 11.5 Å². The van der Waals surface area contributed by atoms with Crippen LogP contribution in [0.4, 0.5) is 0 Å². The predicted octanol–water partition coefficient (Wildman–Crippen LogP) is 2.45. The van der Waals surface area contributed by atoms with Crippen LogP contribution in [-0.4, -0.2) is 10.3 Å². The molecule has 0 aromatic heterocycles. The third kappa shape index (κ3) is 3.23. The van der Waals surface area contributed by atoms with Crippen LogP contribution in [0.15, 0.2) is 48.5 Å². The average Bonchev–Trinajstić information content (AvgIpc) is 2.41. The molecule has 0 spiro atoms. The van der Waals surface area contributed by atoms with Crippen molar-refractivity contribution in [1.29, 1.82) is 0 Å². The van der Waals surface area contributed by atoms with E-state index in [1.54, 1.807) is 18.2 Å². The van der Waals surface area contributed by atoms with Crippen LogP contribution in [-0.2, 0) is 13.2 Å². The maximum Gasteiger partial charge on any atom is 0.161 e.